The van der Waals surface area contributed by atoms with Crippen molar-refractivity contribution in [1.29, 1.82) is 0 Å². The summed E-state index contributed by atoms with van der Waals surface area (Å²) in [6, 6.07) is 0.996. The third kappa shape index (κ3) is 2.26. The number of carboxylic acids is 1. The molecule has 0 saturated carbocycles. The van der Waals surface area contributed by atoms with Gasteiger partial charge in [0.2, 0.25) is 15.8 Å². The second-order valence-corrected chi connectivity index (χ2v) is 6.59. The molecule has 0 bridgehead atoms. The van der Waals surface area contributed by atoms with E-state index in [2.05, 4.69) is 0 Å². The fourth-order valence-electron chi connectivity index (χ4n) is 1.97. The van der Waals surface area contributed by atoms with Gasteiger partial charge in [-0.25, -0.2) is 13.2 Å². The fourth-order valence-corrected chi connectivity index (χ4v) is 3.73. The lowest BCUT2D eigenvalue weighted by Gasteiger charge is -2.44. The predicted molar refractivity (Wildman–Crippen MR) is 64.4 cm³/mol. The van der Waals surface area contributed by atoms with Gasteiger partial charge in [-0.1, -0.05) is 6.92 Å². The number of hydrogen-bond acceptors (Lipinski definition) is 5. The van der Waals surface area contributed by atoms with Crippen LogP contribution < -0.4 is 0 Å². The molecule has 1 aromatic rings. The Hall–Kier alpha value is -1.38. The summed E-state index contributed by atoms with van der Waals surface area (Å²) < 4.78 is 30.5. The lowest BCUT2D eigenvalue weighted by Crippen LogP contribution is -2.62. The van der Waals surface area contributed by atoms with Crippen LogP contribution in [0.3, 0.4) is 0 Å². The molecule has 0 spiro atoms. The third-order valence-corrected chi connectivity index (χ3v) is 5.20. The SMILES string of the molecule is CCC1(O)CN(S(=O)(=O)c2cc(C(=O)O)oc2C)C1. The second kappa shape index (κ2) is 4.32. The summed E-state index contributed by atoms with van der Waals surface area (Å²) in [5.41, 5.74) is -0.986. The molecule has 1 fully saturated rings. The van der Waals surface area contributed by atoms with Gasteiger partial charge >= 0.3 is 5.97 Å². The largest absolute Gasteiger partial charge is 0.475 e. The number of aliphatic hydroxyl groups is 1. The lowest BCUT2D eigenvalue weighted by atomic mass is 9.94. The van der Waals surface area contributed by atoms with Gasteiger partial charge in [0.15, 0.2) is 0 Å². The van der Waals surface area contributed by atoms with Crippen LogP contribution in [0.5, 0.6) is 0 Å². The third-order valence-electron chi connectivity index (χ3n) is 3.30. The maximum absolute atomic E-state index is 12.2. The van der Waals surface area contributed by atoms with E-state index >= 15 is 0 Å². The smallest absolute Gasteiger partial charge is 0.371 e. The predicted octanol–water partition coefficient (Wildman–Crippen LogP) is 0.432. The van der Waals surface area contributed by atoms with Gasteiger partial charge < -0.3 is 14.6 Å². The highest BCUT2D eigenvalue weighted by Gasteiger charge is 2.47. The topological polar surface area (TPSA) is 108 Å². The van der Waals surface area contributed by atoms with E-state index in [4.69, 9.17) is 9.52 Å². The van der Waals surface area contributed by atoms with Gasteiger partial charge in [-0.05, 0) is 13.3 Å². The van der Waals surface area contributed by atoms with Crippen molar-refractivity contribution in [3.63, 3.8) is 0 Å². The number of furan rings is 1. The van der Waals surface area contributed by atoms with Crippen molar-refractivity contribution in [3.8, 4) is 0 Å². The van der Waals surface area contributed by atoms with Crippen molar-refractivity contribution in [2.45, 2.75) is 30.8 Å². The van der Waals surface area contributed by atoms with Crippen LogP contribution >= 0.6 is 0 Å². The second-order valence-electron chi connectivity index (χ2n) is 4.69. The van der Waals surface area contributed by atoms with Gasteiger partial charge in [-0.2, -0.15) is 4.31 Å². The standard InChI is InChI=1S/C11H15NO6S/c1-3-11(15)5-12(6-11)19(16,17)9-4-8(10(13)14)18-7(9)2/h4,15H,3,5-6H2,1-2H3,(H,13,14). The molecule has 0 unspecified atom stereocenters. The Morgan fingerprint density at radius 1 is 1.53 bits per heavy atom. The first-order valence-corrected chi connectivity index (χ1v) is 7.20. The molecule has 0 atom stereocenters. The van der Waals surface area contributed by atoms with Gasteiger partial charge in [-0.3, -0.25) is 0 Å². The number of aryl methyl sites for hydroxylation is 1. The number of carbonyl (C=O) groups is 1. The van der Waals surface area contributed by atoms with E-state index in [9.17, 15) is 18.3 Å². The first-order valence-electron chi connectivity index (χ1n) is 5.76. The number of rotatable bonds is 4. The zero-order valence-electron chi connectivity index (χ0n) is 10.6. The molecule has 1 aliphatic rings. The number of carboxylic acid groups (broad SMARTS) is 1. The summed E-state index contributed by atoms with van der Waals surface area (Å²) in [6.07, 6.45) is 0.462. The normalized spacial score (nSPS) is 19.1. The molecule has 1 saturated heterocycles. The Bertz CT molecular complexity index is 611. The van der Waals surface area contributed by atoms with Crippen molar-refractivity contribution in [3.05, 3.63) is 17.6 Å². The maximum Gasteiger partial charge on any atom is 0.371 e. The molecule has 8 heteroatoms. The molecule has 7 nitrogen and oxygen atoms in total. The summed E-state index contributed by atoms with van der Waals surface area (Å²) in [5, 5.41) is 18.6. The minimum atomic E-state index is -3.81. The molecule has 2 N–H and O–H groups in total. The van der Waals surface area contributed by atoms with Crippen LogP contribution in [0, 0.1) is 6.92 Å². The van der Waals surface area contributed by atoms with Gasteiger partial charge in [-0.15, -0.1) is 0 Å². The van der Waals surface area contributed by atoms with Gasteiger partial charge in [0.05, 0.1) is 5.60 Å². The van der Waals surface area contributed by atoms with E-state index in [-0.39, 0.29) is 23.7 Å². The molecule has 0 aliphatic carbocycles. The average Bonchev–Trinajstić information content (AvgIpc) is 2.68. The minimum Gasteiger partial charge on any atom is -0.475 e. The zero-order chi connectivity index (χ0) is 14.4. The summed E-state index contributed by atoms with van der Waals surface area (Å²) >= 11 is 0. The first-order chi connectivity index (χ1) is 8.69. The molecule has 2 heterocycles. The molecular formula is C11H15NO6S. The summed E-state index contributed by atoms with van der Waals surface area (Å²) in [4.78, 5) is 10.6. The van der Waals surface area contributed by atoms with Crippen LogP contribution in [0.25, 0.3) is 0 Å². The number of β-amino-alcohol motifs (C(OH)–C–C–N with tert-alkyl or cyclic N) is 1. The van der Waals surface area contributed by atoms with Crippen molar-refractivity contribution in [2.75, 3.05) is 13.1 Å². The Labute approximate surface area is 110 Å². The van der Waals surface area contributed by atoms with Crippen LogP contribution in [0.2, 0.25) is 0 Å². The van der Waals surface area contributed by atoms with Gasteiger partial charge in [0, 0.05) is 19.2 Å². The van der Waals surface area contributed by atoms with E-state index in [1.54, 1.807) is 6.92 Å². The molecule has 0 radical (unpaired) electrons. The van der Waals surface area contributed by atoms with Gasteiger partial charge in [0.1, 0.15) is 10.7 Å². The lowest BCUT2D eigenvalue weighted by molar-refractivity contribution is -0.0613. The van der Waals surface area contributed by atoms with Crippen LogP contribution in [-0.2, 0) is 10.0 Å². The fraction of sp³-hybridized carbons (Fsp3) is 0.545. The van der Waals surface area contributed by atoms with Crippen LogP contribution in [0.15, 0.2) is 15.4 Å². The van der Waals surface area contributed by atoms with Crippen molar-refractivity contribution < 1.29 is 27.8 Å². The highest BCUT2D eigenvalue weighted by molar-refractivity contribution is 7.89. The first kappa shape index (κ1) is 14.0. The Balaban J connectivity index is 2.29. The maximum atomic E-state index is 12.2. The highest BCUT2D eigenvalue weighted by Crippen LogP contribution is 2.32. The van der Waals surface area contributed by atoms with Crippen molar-refractivity contribution in [1.82, 2.24) is 4.31 Å². The van der Waals surface area contributed by atoms with E-state index in [0.717, 1.165) is 10.4 Å². The molecule has 0 aromatic carbocycles. The minimum absolute atomic E-state index is 0.0128. The summed E-state index contributed by atoms with van der Waals surface area (Å²) in [7, 11) is -3.81. The quantitative estimate of drug-likeness (QED) is 0.832. The summed E-state index contributed by atoms with van der Waals surface area (Å²) in [5.74, 6) is -1.70. The Morgan fingerprint density at radius 3 is 2.53 bits per heavy atom. The summed E-state index contributed by atoms with van der Waals surface area (Å²) in [6.45, 7) is 3.19. The average molecular weight is 289 g/mol. The Kier molecular flexibility index (Phi) is 3.20. The van der Waals surface area contributed by atoms with Gasteiger partial charge in [0.25, 0.3) is 0 Å². The number of nitrogens with zero attached hydrogens (tertiary/aromatic N) is 1. The highest BCUT2D eigenvalue weighted by atomic mass is 32.2. The monoisotopic (exact) mass is 289 g/mol. The molecular weight excluding hydrogens is 274 g/mol. The van der Waals surface area contributed by atoms with E-state index < -0.39 is 27.4 Å². The van der Waals surface area contributed by atoms with Crippen molar-refractivity contribution >= 4 is 16.0 Å². The zero-order valence-corrected chi connectivity index (χ0v) is 11.4. The molecule has 1 aromatic heterocycles. The van der Waals surface area contributed by atoms with Crippen LogP contribution in [0.4, 0.5) is 0 Å². The Morgan fingerprint density at radius 2 is 2.11 bits per heavy atom. The molecule has 19 heavy (non-hydrogen) atoms. The number of hydrogen-bond donors (Lipinski definition) is 2. The molecule has 2 rings (SSSR count). The number of sulfonamides is 1. The number of aromatic carboxylic acids is 1. The van der Waals surface area contributed by atoms with E-state index in [1.165, 1.54) is 6.92 Å². The van der Waals surface area contributed by atoms with E-state index in [1.807, 2.05) is 0 Å². The van der Waals surface area contributed by atoms with Crippen molar-refractivity contribution in [2.24, 2.45) is 0 Å². The van der Waals surface area contributed by atoms with E-state index in [0.29, 0.717) is 6.42 Å². The molecule has 1 aliphatic heterocycles. The molecule has 106 valence electrons. The van der Waals surface area contributed by atoms with Crippen LogP contribution in [0.1, 0.15) is 29.7 Å². The molecule has 0 amide bonds. The van der Waals surface area contributed by atoms with Crippen LogP contribution in [-0.4, -0.2) is 47.6 Å².